The molecule has 0 aliphatic carbocycles. The molecule has 2 heterocycles. The lowest BCUT2D eigenvalue weighted by atomic mass is 9.95. The molecule has 0 fully saturated rings. The predicted octanol–water partition coefficient (Wildman–Crippen LogP) is 3.65. The average Bonchev–Trinajstić information content (AvgIpc) is 3.27. The summed E-state index contributed by atoms with van der Waals surface area (Å²) in [6, 6.07) is 21.1. The number of primary amides is 1. The Kier molecular flexibility index (Phi) is 6.75. The maximum absolute atomic E-state index is 12.0. The van der Waals surface area contributed by atoms with Gasteiger partial charge in [-0.15, -0.1) is 0 Å². The molecule has 0 spiro atoms. The first-order chi connectivity index (χ1) is 16.9. The van der Waals surface area contributed by atoms with Gasteiger partial charge in [-0.1, -0.05) is 42.5 Å². The third-order valence-electron chi connectivity index (χ3n) is 5.54. The van der Waals surface area contributed by atoms with Crippen LogP contribution in [0.4, 0.5) is 5.69 Å². The van der Waals surface area contributed by atoms with Crippen molar-refractivity contribution in [2.75, 3.05) is 5.32 Å². The molecule has 0 unspecified atom stereocenters. The van der Waals surface area contributed by atoms with E-state index in [-0.39, 0.29) is 11.8 Å². The van der Waals surface area contributed by atoms with Crippen LogP contribution in [-0.2, 0) is 16.1 Å². The normalized spacial score (nSPS) is 11.8. The summed E-state index contributed by atoms with van der Waals surface area (Å²) >= 11 is 0. The van der Waals surface area contributed by atoms with Crippen LogP contribution in [0.1, 0.15) is 22.8 Å². The van der Waals surface area contributed by atoms with E-state index in [0.717, 1.165) is 33.3 Å². The summed E-state index contributed by atoms with van der Waals surface area (Å²) in [5.74, 6) is -0.635. The Morgan fingerprint density at radius 2 is 1.71 bits per heavy atom. The van der Waals surface area contributed by atoms with Crippen molar-refractivity contribution in [2.45, 2.75) is 13.5 Å². The third-order valence-corrected chi connectivity index (χ3v) is 5.54. The number of carbonyl (C=O) groups excluding carboxylic acids is 3. The van der Waals surface area contributed by atoms with Gasteiger partial charge in [0.05, 0.1) is 11.1 Å². The number of nitrogens with two attached hydrogens (primary N) is 2. The highest BCUT2D eigenvalue weighted by atomic mass is 16.2. The number of anilines is 1. The molecule has 5 rings (SSSR count). The first-order valence-electron chi connectivity index (χ1n) is 11.0. The number of hydrogen-bond donors (Lipinski definition) is 5. The Morgan fingerprint density at radius 3 is 2.34 bits per heavy atom. The van der Waals surface area contributed by atoms with Crippen molar-refractivity contribution in [3.05, 3.63) is 90.1 Å². The largest absolute Gasteiger partial charge is 0.366 e. The van der Waals surface area contributed by atoms with Crippen LogP contribution in [0.25, 0.3) is 33.3 Å². The van der Waals surface area contributed by atoms with Gasteiger partial charge in [0.1, 0.15) is 0 Å². The van der Waals surface area contributed by atoms with E-state index in [4.69, 9.17) is 11.5 Å². The van der Waals surface area contributed by atoms with Gasteiger partial charge < -0.3 is 27.1 Å². The molecule has 0 saturated heterocycles. The van der Waals surface area contributed by atoms with Crippen LogP contribution in [0.2, 0.25) is 0 Å². The topological polar surface area (TPSA) is 143 Å². The van der Waals surface area contributed by atoms with Crippen molar-refractivity contribution in [1.82, 2.24) is 10.3 Å². The second-order valence-electron chi connectivity index (χ2n) is 7.96. The minimum absolute atomic E-state index is 0.00463. The molecule has 8 heteroatoms. The number of fused-ring (bicyclic) bond motifs is 1. The second kappa shape index (κ2) is 10.1. The summed E-state index contributed by atoms with van der Waals surface area (Å²) in [5, 5.41) is 6.06. The molecule has 4 aromatic rings. The van der Waals surface area contributed by atoms with Crippen LogP contribution in [0, 0.1) is 0 Å². The maximum Gasteiger partial charge on any atom is 0.250 e. The van der Waals surface area contributed by atoms with E-state index >= 15 is 0 Å². The van der Waals surface area contributed by atoms with Crippen LogP contribution >= 0.6 is 0 Å². The SMILES string of the molecule is CC(=O)Nc1cccc(-c2cc3c(-c4ccccc4CN)ccc(C(N)=O)c3[nH]2)c1.O=C1C=CN1. The number of hydrogen-bond acceptors (Lipinski definition) is 4. The Labute approximate surface area is 202 Å². The Balaban J connectivity index is 0.000000514. The lowest BCUT2D eigenvalue weighted by molar-refractivity contribution is -0.117. The fourth-order valence-corrected chi connectivity index (χ4v) is 3.90. The standard InChI is InChI=1S/C24H22N4O2.C3H3NO/c1-14(29)27-17-7-4-6-15(11-17)22-12-21-19(18-8-3-2-5-16(18)13-25)9-10-20(24(26)30)23(21)28-22;5-3-1-2-4-3/h2-12,28H,13,25H2,1H3,(H2,26,30)(H,27,29);1-2H,(H,4,5). The van der Waals surface area contributed by atoms with E-state index < -0.39 is 5.91 Å². The fourth-order valence-electron chi connectivity index (χ4n) is 3.90. The van der Waals surface area contributed by atoms with Crippen molar-refractivity contribution >= 4 is 34.3 Å². The highest BCUT2D eigenvalue weighted by Crippen LogP contribution is 2.36. The number of amides is 3. The number of rotatable bonds is 5. The van der Waals surface area contributed by atoms with E-state index in [9.17, 15) is 14.4 Å². The van der Waals surface area contributed by atoms with Crippen molar-refractivity contribution in [3.63, 3.8) is 0 Å². The number of aromatic amines is 1. The first kappa shape index (κ1) is 23.5. The van der Waals surface area contributed by atoms with E-state index in [1.165, 1.54) is 13.0 Å². The van der Waals surface area contributed by atoms with Gasteiger partial charge in [-0.25, -0.2) is 0 Å². The van der Waals surface area contributed by atoms with E-state index in [1.54, 1.807) is 12.3 Å². The molecular formula is C27H25N5O3. The van der Waals surface area contributed by atoms with Crippen molar-refractivity contribution in [3.8, 4) is 22.4 Å². The van der Waals surface area contributed by atoms with Gasteiger partial charge in [-0.2, -0.15) is 0 Å². The lowest BCUT2D eigenvalue weighted by Crippen LogP contribution is -2.22. The van der Waals surface area contributed by atoms with E-state index in [0.29, 0.717) is 23.3 Å². The summed E-state index contributed by atoms with van der Waals surface area (Å²) < 4.78 is 0. The van der Waals surface area contributed by atoms with Gasteiger partial charge in [-0.05, 0) is 41.0 Å². The Hall–Kier alpha value is -4.69. The number of aromatic nitrogens is 1. The number of benzene rings is 3. The van der Waals surface area contributed by atoms with Gasteiger partial charge in [0, 0.05) is 48.1 Å². The highest BCUT2D eigenvalue weighted by molar-refractivity contribution is 6.10. The summed E-state index contributed by atoms with van der Waals surface area (Å²) in [6.45, 7) is 1.88. The van der Waals surface area contributed by atoms with Crippen molar-refractivity contribution in [1.29, 1.82) is 0 Å². The molecule has 0 bridgehead atoms. The molecule has 3 aromatic carbocycles. The van der Waals surface area contributed by atoms with Gasteiger partial charge in [0.2, 0.25) is 11.8 Å². The molecule has 3 amide bonds. The third kappa shape index (κ3) is 5.13. The first-order valence-corrected chi connectivity index (χ1v) is 11.0. The zero-order valence-electron chi connectivity index (χ0n) is 19.1. The molecule has 35 heavy (non-hydrogen) atoms. The molecule has 8 nitrogen and oxygen atoms in total. The molecule has 1 aliphatic rings. The zero-order valence-corrected chi connectivity index (χ0v) is 19.1. The molecule has 0 radical (unpaired) electrons. The molecule has 0 atom stereocenters. The van der Waals surface area contributed by atoms with Gasteiger partial charge >= 0.3 is 0 Å². The monoisotopic (exact) mass is 467 g/mol. The minimum atomic E-state index is -0.501. The van der Waals surface area contributed by atoms with Crippen LogP contribution in [-0.4, -0.2) is 22.7 Å². The fraction of sp³-hybridized carbons (Fsp3) is 0.0741. The molecule has 7 N–H and O–H groups in total. The van der Waals surface area contributed by atoms with Crippen LogP contribution < -0.4 is 22.1 Å². The van der Waals surface area contributed by atoms with E-state index in [2.05, 4.69) is 15.6 Å². The maximum atomic E-state index is 12.0. The number of nitrogens with one attached hydrogen (secondary N) is 3. The Bertz CT molecular complexity index is 1470. The summed E-state index contributed by atoms with van der Waals surface area (Å²) in [5.41, 5.74) is 18.1. The summed E-state index contributed by atoms with van der Waals surface area (Å²) in [7, 11) is 0. The smallest absolute Gasteiger partial charge is 0.250 e. The van der Waals surface area contributed by atoms with E-state index in [1.807, 2.05) is 60.7 Å². The molecule has 1 aromatic heterocycles. The molecular weight excluding hydrogens is 442 g/mol. The summed E-state index contributed by atoms with van der Waals surface area (Å²) in [6.07, 6.45) is 3.07. The summed E-state index contributed by atoms with van der Waals surface area (Å²) in [4.78, 5) is 36.5. The Morgan fingerprint density at radius 1 is 0.971 bits per heavy atom. The molecule has 176 valence electrons. The molecule has 1 aliphatic heterocycles. The van der Waals surface area contributed by atoms with Crippen LogP contribution in [0.5, 0.6) is 0 Å². The number of carbonyl (C=O) groups is 3. The molecule has 0 saturated carbocycles. The quantitative estimate of drug-likeness (QED) is 0.305. The van der Waals surface area contributed by atoms with Gasteiger partial charge in [-0.3, -0.25) is 14.4 Å². The lowest BCUT2D eigenvalue weighted by Gasteiger charge is -2.10. The number of H-pyrrole nitrogens is 1. The van der Waals surface area contributed by atoms with Gasteiger partial charge in [0.25, 0.3) is 5.91 Å². The van der Waals surface area contributed by atoms with Crippen molar-refractivity contribution in [2.24, 2.45) is 11.5 Å². The minimum Gasteiger partial charge on any atom is -0.366 e. The predicted molar refractivity (Wildman–Crippen MR) is 137 cm³/mol. The van der Waals surface area contributed by atoms with Crippen LogP contribution in [0.3, 0.4) is 0 Å². The van der Waals surface area contributed by atoms with Crippen LogP contribution in [0.15, 0.2) is 79.0 Å². The van der Waals surface area contributed by atoms with Crippen molar-refractivity contribution < 1.29 is 14.4 Å². The average molecular weight is 468 g/mol. The second-order valence-corrected chi connectivity index (χ2v) is 7.96. The van der Waals surface area contributed by atoms with Gasteiger partial charge in [0.15, 0.2) is 0 Å². The zero-order chi connectivity index (χ0) is 24.9. The highest BCUT2D eigenvalue weighted by Gasteiger charge is 2.16.